The molecule has 6 nitrogen and oxygen atoms in total. The average Bonchev–Trinajstić information content (AvgIpc) is 2.43. The van der Waals surface area contributed by atoms with E-state index in [2.05, 4.69) is 0 Å². The fourth-order valence-corrected chi connectivity index (χ4v) is 2.20. The maximum absolute atomic E-state index is 12.2. The Bertz CT molecular complexity index is 591. The van der Waals surface area contributed by atoms with Gasteiger partial charge in [0.25, 0.3) is 0 Å². The molecule has 1 aromatic rings. The molecular formula is C16H21NO5. The second kappa shape index (κ2) is 5.87. The SMILES string of the molecule is COC(=O)c1ccc2c(c1)OC(C(=O)OC(C)(C)C)CN2C. The predicted octanol–water partition coefficient (Wildman–Crippen LogP) is 2.01. The number of anilines is 1. The van der Waals surface area contributed by atoms with E-state index in [9.17, 15) is 9.59 Å². The van der Waals surface area contributed by atoms with E-state index in [0.29, 0.717) is 17.9 Å². The monoisotopic (exact) mass is 307 g/mol. The molecule has 22 heavy (non-hydrogen) atoms. The summed E-state index contributed by atoms with van der Waals surface area (Å²) in [6.45, 7) is 5.81. The number of carbonyl (C=O) groups excluding carboxylic acids is 2. The number of nitrogens with zero attached hydrogens (tertiary/aromatic N) is 1. The average molecular weight is 307 g/mol. The minimum absolute atomic E-state index is 0.375. The van der Waals surface area contributed by atoms with Crippen molar-refractivity contribution in [1.29, 1.82) is 0 Å². The van der Waals surface area contributed by atoms with E-state index < -0.39 is 23.6 Å². The summed E-state index contributed by atoms with van der Waals surface area (Å²) >= 11 is 0. The lowest BCUT2D eigenvalue weighted by molar-refractivity contribution is -0.163. The van der Waals surface area contributed by atoms with Crippen molar-refractivity contribution in [1.82, 2.24) is 0 Å². The molecule has 1 aliphatic heterocycles. The molecule has 0 saturated heterocycles. The van der Waals surface area contributed by atoms with Crippen molar-refractivity contribution in [2.45, 2.75) is 32.5 Å². The van der Waals surface area contributed by atoms with Crippen molar-refractivity contribution in [3.05, 3.63) is 23.8 Å². The summed E-state index contributed by atoms with van der Waals surface area (Å²) in [5.74, 6) is -0.408. The highest BCUT2D eigenvalue weighted by atomic mass is 16.6. The molecule has 120 valence electrons. The van der Waals surface area contributed by atoms with E-state index in [4.69, 9.17) is 14.2 Å². The first kappa shape index (κ1) is 16.1. The van der Waals surface area contributed by atoms with Gasteiger partial charge < -0.3 is 19.1 Å². The number of methoxy groups -OCH3 is 1. The first-order chi connectivity index (χ1) is 10.2. The van der Waals surface area contributed by atoms with Crippen molar-refractivity contribution in [3.63, 3.8) is 0 Å². The minimum atomic E-state index is -0.732. The second-order valence-corrected chi connectivity index (χ2v) is 6.19. The normalized spacial score (nSPS) is 17.3. The van der Waals surface area contributed by atoms with E-state index in [-0.39, 0.29) is 0 Å². The third kappa shape index (κ3) is 3.50. The van der Waals surface area contributed by atoms with Crippen molar-refractivity contribution >= 4 is 17.6 Å². The fourth-order valence-electron chi connectivity index (χ4n) is 2.20. The molecule has 1 atom stereocenters. The molecule has 1 unspecified atom stereocenters. The number of hydrogen-bond donors (Lipinski definition) is 0. The summed E-state index contributed by atoms with van der Waals surface area (Å²) in [5.41, 5.74) is 0.611. The number of esters is 2. The van der Waals surface area contributed by atoms with Crippen LogP contribution in [-0.4, -0.2) is 44.3 Å². The van der Waals surface area contributed by atoms with Crippen LogP contribution in [0.15, 0.2) is 18.2 Å². The van der Waals surface area contributed by atoms with Gasteiger partial charge in [0.15, 0.2) is 0 Å². The highest BCUT2D eigenvalue weighted by molar-refractivity contribution is 5.91. The van der Waals surface area contributed by atoms with Gasteiger partial charge in [-0.1, -0.05) is 0 Å². The van der Waals surface area contributed by atoms with E-state index in [1.54, 1.807) is 39.0 Å². The Hall–Kier alpha value is -2.24. The lowest BCUT2D eigenvalue weighted by Gasteiger charge is -2.34. The van der Waals surface area contributed by atoms with Crippen molar-refractivity contribution < 1.29 is 23.8 Å². The van der Waals surface area contributed by atoms with Crippen LogP contribution in [0.1, 0.15) is 31.1 Å². The molecule has 1 aliphatic rings. The second-order valence-electron chi connectivity index (χ2n) is 6.19. The van der Waals surface area contributed by atoms with Gasteiger partial charge in [-0.05, 0) is 39.0 Å². The first-order valence-electron chi connectivity index (χ1n) is 7.04. The van der Waals surface area contributed by atoms with E-state index in [0.717, 1.165) is 5.69 Å². The van der Waals surface area contributed by atoms with Crippen LogP contribution in [0.4, 0.5) is 5.69 Å². The maximum Gasteiger partial charge on any atom is 0.349 e. The molecule has 0 radical (unpaired) electrons. The molecule has 0 aliphatic carbocycles. The number of hydrogen-bond acceptors (Lipinski definition) is 6. The van der Waals surface area contributed by atoms with Crippen LogP contribution >= 0.6 is 0 Å². The third-order valence-electron chi connectivity index (χ3n) is 3.17. The first-order valence-corrected chi connectivity index (χ1v) is 7.04. The van der Waals surface area contributed by atoms with Gasteiger partial charge in [-0.25, -0.2) is 9.59 Å². The Balaban J connectivity index is 2.24. The Morgan fingerprint density at radius 1 is 1.32 bits per heavy atom. The number of carbonyl (C=O) groups is 2. The van der Waals surface area contributed by atoms with Crippen LogP contribution in [-0.2, 0) is 14.3 Å². The van der Waals surface area contributed by atoms with Crippen LogP contribution in [0.25, 0.3) is 0 Å². The van der Waals surface area contributed by atoms with Gasteiger partial charge in [0, 0.05) is 7.05 Å². The van der Waals surface area contributed by atoms with Gasteiger partial charge >= 0.3 is 11.9 Å². The van der Waals surface area contributed by atoms with Crippen LogP contribution < -0.4 is 9.64 Å². The summed E-state index contributed by atoms with van der Waals surface area (Å²) in [6.07, 6.45) is -0.732. The molecule has 6 heteroatoms. The van der Waals surface area contributed by atoms with Crippen molar-refractivity contribution in [3.8, 4) is 5.75 Å². The minimum Gasteiger partial charge on any atom is -0.475 e. The molecule has 0 saturated carbocycles. The molecular weight excluding hydrogens is 286 g/mol. The van der Waals surface area contributed by atoms with Crippen LogP contribution in [0.3, 0.4) is 0 Å². The lowest BCUT2D eigenvalue weighted by Crippen LogP contribution is -2.45. The predicted molar refractivity (Wildman–Crippen MR) is 81.3 cm³/mol. The zero-order valence-corrected chi connectivity index (χ0v) is 13.5. The summed E-state index contributed by atoms with van der Waals surface area (Å²) < 4.78 is 15.8. The summed E-state index contributed by atoms with van der Waals surface area (Å²) in [7, 11) is 3.18. The highest BCUT2D eigenvalue weighted by Crippen LogP contribution is 2.34. The fraction of sp³-hybridized carbons (Fsp3) is 0.500. The molecule has 0 N–H and O–H groups in total. The Morgan fingerprint density at radius 3 is 2.59 bits per heavy atom. The lowest BCUT2D eigenvalue weighted by atomic mass is 10.1. The number of rotatable bonds is 2. The van der Waals surface area contributed by atoms with Crippen LogP contribution in [0.2, 0.25) is 0 Å². The quantitative estimate of drug-likeness (QED) is 0.779. The molecule has 0 amide bonds. The molecule has 1 heterocycles. The zero-order valence-electron chi connectivity index (χ0n) is 13.5. The molecule has 0 fully saturated rings. The number of ether oxygens (including phenoxy) is 3. The molecule has 1 aromatic carbocycles. The Morgan fingerprint density at radius 2 is 2.00 bits per heavy atom. The zero-order chi connectivity index (χ0) is 16.5. The summed E-state index contributed by atoms with van der Waals surface area (Å²) in [5, 5.41) is 0. The van der Waals surface area contributed by atoms with Crippen LogP contribution in [0.5, 0.6) is 5.75 Å². The Kier molecular flexibility index (Phi) is 4.30. The topological polar surface area (TPSA) is 65.1 Å². The van der Waals surface area contributed by atoms with Crippen molar-refractivity contribution in [2.75, 3.05) is 25.6 Å². The molecule has 0 aromatic heterocycles. The van der Waals surface area contributed by atoms with Crippen LogP contribution in [0, 0.1) is 0 Å². The number of likely N-dealkylation sites (N-methyl/N-ethyl adjacent to an activating group) is 1. The maximum atomic E-state index is 12.2. The molecule has 0 bridgehead atoms. The highest BCUT2D eigenvalue weighted by Gasteiger charge is 2.33. The van der Waals surface area contributed by atoms with Gasteiger partial charge in [-0.2, -0.15) is 0 Å². The summed E-state index contributed by atoms with van der Waals surface area (Å²) in [6, 6.07) is 5.01. The van der Waals surface area contributed by atoms with E-state index in [1.807, 2.05) is 11.9 Å². The molecule has 2 rings (SSSR count). The van der Waals surface area contributed by atoms with Gasteiger partial charge in [0.05, 0.1) is 24.9 Å². The smallest absolute Gasteiger partial charge is 0.349 e. The van der Waals surface area contributed by atoms with Crippen molar-refractivity contribution in [2.24, 2.45) is 0 Å². The third-order valence-corrected chi connectivity index (χ3v) is 3.17. The van der Waals surface area contributed by atoms with Gasteiger partial charge in [0.2, 0.25) is 6.10 Å². The van der Waals surface area contributed by atoms with Gasteiger partial charge in [-0.3, -0.25) is 0 Å². The van der Waals surface area contributed by atoms with Gasteiger partial charge in [-0.15, -0.1) is 0 Å². The molecule has 0 spiro atoms. The number of benzene rings is 1. The standard InChI is InChI=1S/C16H21NO5/c1-16(2,3)22-15(19)13-9-17(4)11-7-6-10(14(18)20-5)8-12(11)21-13/h6-8,13H,9H2,1-5H3. The van der Waals surface area contributed by atoms with E-state index in [1.165, 1.54) is 7.11 Å². The van der Waals surface area contributed by atoms with Gasteiger partial charge in [0.1, 0.15) is 11.4 Å². The van der Waals surface area contributed by atoms with E-state index >= 15 is 0 Å². The Labute approximate surface area is 129 Å². The number of fused-ring (bicyclic) bond motifs is 1. The largest absolute Gasteiger partial charge is 0.475 e. The summed E-state index contributed by atoms with van der Waals surface area (Å²) in [4.78, 5) is 25.7.